The summed E-state index contributed by atoms with van der Waals surface area (Å²) in [5, 5.41) is 10.5. The molecular weight excluding hydrogens is 470 g/mol. The Hall–Kier alpha value is -4.09. The van der Waals surface area contributed by atoms with Crippen LogP contribution in [0.15, 0.2) is 91.3 Å². The maximum absolute atomic E-state index is 12.8. The zero-order valence-electron chi connectivity index (χ0n) is 20.2. The largest absolute Gasteiger partial charge is 0.489 e. The summed E-state index contributed by atoms with van der Waals surface area (Å²) < 4.78 is 7.74. The first-order chi connectivity index (χ1) is 17.5. The molecule has 0 saturated heterocycles. The van der Waals surface area contributed by atoms with Gasteiger partial charge in [-0.2, -0.15) is 5.10 Å². The molecule has 180 valence electrons. The third-order valence-corrected chi connectivity index (χ3v) is 6.73. The third-order valence-electron chi connectivity index (χ3n) is 6.13. The number of carbonyl (C=O) groups is 1. The molecule has 1 amide bonds. The molecule has 0 unspecified atom stereocenters. The molecule has 5 nitrogen and oxygen atoms in total. The minimum absolute atomic E-state index is 0.184. The van der Waals surface area contributed by atoms with Gasteiger partial charge in [-0.1, -0.05) is 66.2 Å². The van der Waals surface area contributed by atoms with Crippen LogP contribution in [-0.4, -0.2) is 15.7 Å². The van der Waals surface area contributed by atoms with Gasteiger partial charge < -0.3 is 10.1 Å². The SMILES string of the molecule is Cc1cc(OCc2ccc(C(=O)Nc3cnn(Cc4cccc5ccccc45)c3)cc2)cc(C)c1Cl. The van der Waals surface area contributed by atoms with Crippen LogP contribution >= 0.6 is 11.6 Å². The Morgan fingerprint density at radius 3 is 2.47 bits per heavy atom. The van der Waals surface area contributed by atoms with Gasteiger partial charge in [-0.05, 0) is 71.1 Å². The van der Waals surface area contributed by atoms with Crippen LogP contribution in [0, 0.1) is 13.8 Å². The number of hydrogen-bond donors (Lipinski definition) is 1. The van der Waals surface area contributed by atoms with Crippen molar-refractivity contribution in [3.63, 3.8) is 0 Å². The molecule has 1 N–H and O–H groups in total. The van der Waals surface area contributed by atoms with Crippen molar-refractivity contribution < 1.29 is 9.53 Å². The lowest BCUT2D eigenvalue weighted by atomic mass is 10.0. The van der Waals surface area contributed by atoms with E-state index in [9.17, 15) is 4.79 Å². The van der Waals surface area contributed by atoms with Gasteiger partial charge in [0.15, 0.2) is 0 Å². The van der Waals surface area contributed by atoms with Gasteiger partial charge in [0.05, 0.1) is 18.4 Å². The van der Waals surface area contributed by atoms with E-state index in [4.69, 9.17) is 16.3 Å². The Labute approximate surface area is 215 Å². The monoisotopic (exact) mass is 495 g/mol. The summed E-state index contributed by atoms with van der Waals surface area (Å²) in [6.45, 7) is 4.95. The van der Waals surface area contributed by atoms with Crippen molar-refractivity contribution in [1.29, 1.82) is 0 Å². The second-order valence-electron chi connectivity index (χ2n) is 8.88. The van der Waals surface area contributed by atoms with Crippen molar-refractivity contribution in [2.75, 3.05) is 5.32 Å². The second-order valence-corrected chi connectivity index (χ2v) is 9.25. The number of aromatic nitrogens is 2. The highest BCUT2D eigenvalue weighted by Gasteiger charge is 2.10. The number of amides is 1. The van der Waals surface area contributed by atoms with Crippen molar-refractivity contribution in [2.24, 2.45) is 0 Å². The number of ether oxygens (including phenoxy) is 1. The number of fused-ring (bicyclic) bond motifs is 1. The molecule has 0 aliphatic carbocycles. The first-order valence-corrected chi connectivity index (χ1v) is 12.1. The van der Waals surface area contributed by atoms with E-state index >= 15 is 0 Å². The molecule has 0 fully saturated rings. The number of halogens is 1. The zero-order chi connectivity index (χ0) is 25.1. The fraction of sp³-hybridized carbons (Fsp3) is 0.133. The Morgan fingerprint density at radius 1 is 0.972 bits per heavy atom. The molecule has 4 aromatic carbocycles. The predicted octanol–water partition coefficient (Wildman–Crippen LogP) is 7.19. The Balaban J connectivity index is 1.20. The molecule has 1 aromatic heterocycles. The summed E-state index contributed by atoms with van der Waals surface area (Å²) in [6.07, 6.45) is 3.51. The quantitative estimate of drug-likeness (QED) is 0.260. The summed E-state index contributed by atoms with van der Waals surface area (Å²) in [5.74, 6) is 0.591. The topological polar surface area (TPSA) is 56.1 Å². The molecule has 6 heteroatoms. The molecule has 0 saturated carbocycles. The van der Waals surface area contributed by atoms with Crippen LogP contribution in [0.1, 0.15) is 32.6 Å². The molecule has 36 heavy (non-hydrogen) atoms. The van der Waals surface area contributed by atoms with E-state index in [1.54, 1.807) is 18.3 Å². The van der Waals surface area contributed by atoms with Crippen molar-refractivity contribution in [2.45, 2.75) is 27.0 Å². The van der Waals surface area contributed by atoms with Gasteiger partial charge in [0.1, 0.15) is 12.4 Å². The lowest BCUT2D eigenvalue weighted by Crippen LogP contribution is -2.11. The van der Waals surface area contributed by atoms with Gasteiger partial charge in [0.2, 0.25) is 0 Å². The Morgan fingerprint density at radius 2 is 1.69 bits per heavy atom. The molecule has 0 aliphatic rings. The standard InChI is InChI=1S/C30H26ClN3O2/c1-20-14-27(15-21(2)29(20)31)36-19-22-10-12-24(13-11-22)30(35)33-26-16-32-34(18-26)17-25-8-5-7-23-6-3-4-9-28(23)25/h3-16,18H,17,19H2,1-2H3,(H,33,35). The average Bonchev–Trinajstić information content (AvgIpc) is 3.33. The van der Waals surface area contributed by atoms with E-state index in [0.29, 0.717) is 24.4 Å². The van der Waals surface area contributed by atoms with Crippen LogP contribution in [0.2, 0.25) is 5.02 Å². The first-order valence-electron chi connectivity index (χ1n) is 11.8. The molecule has 1 heterocycles. The van der Waals surface area contributed by atoms with Gasteiger partial charge >= 0.3 is 0 Å². The van der Waals surface area contributed by atoms with Gasteiger partial charge in [-0.15, -0.1) is 0 Å². The van der Waals surface area contributed by atoms with Crippen molar-refractivity contribution in [1.82, 2.24) is 9.78 Å². The van der Waals surface area contributed by atoms with E-state index < -0.39 is 0 Å². The smallest absolute Gasteiger partial charge is 0.255 e. The number of nitrogens with zero attached hydrogens (tertiary/aromatic N) is 2. The highest BCUT2D eigenvalue weighted by Crippen LogP contribution is 2.26. The summed E-state index contributed by atoms with van der Waals surface area (Å²) in [6, 6.07) is 25.8. The van der Waals surface area contributed by atoms with Crippen LogP contribution < -0.4 is 10.1 Å². The third kappa shape index (κ3) is 5.26. The molecule has 0 atom stereocenters. The van der Waals surface area contributed by atoms with E-state index in [0.717, 1.165) is 27.5 Å². The minimum Gasteiger partial charge on any atom is -0.489 e. The molecule has 0 radical (unpaired) electrons. The summed E-state index contributed by atoms with van der Waals surface area (Å²) in [4.78, 5) is 12.8. The minimum atomic E-state index is -0.184. The number of hydrogen-bond acceptors (Lipinski definition) is 3. The zero-order valence-corrected chi connectivity index (χ0v) is 20.9. The number of nitrogens with one attached hydrogen (secondary N) is 1. The van der Waals surface area contributed by atoms with Crippen molar-refractivity contribution in [3.8, 4) is 5.75 Å². The van der Waals surface area contributed by atoms with Crippen molar-refractivity contribution >= 4 is 34.0 Å². The van der Waals surface area contributed by atoms with Gasteiger partial charge in [0, 0.05) is 16.8 Å². The highest BCUT2D eigenvalue weighted by atomic mass is 35.5. The summed E-state index contributed by atoms with van der Waals surface area (Å²) in [5.41, 5.74) is 5.34. The van der Waals surface area contributed by atoms with E-state index in [-0.39, 0.29) is 5.91 Å². The van der Waals surface area contributed by atoms with E-state index in [1.165, 1.54) is 16.3 Å². The Kier molecular flexibility index (Phi) is 6.74. The molecule has 5 aromatic rings. The van der Waals surface area contributed by atoms with Crippen LogP contribution in [0.3, 0.4) is 0 Å². The van der Waals surface area contributed by atoms with E-state index in [1.807, 2.05) is 61.1 Å². The normalized spacial score (nSPS) is 11.0. The number of rotatable bonds is 7. The highest BCUT2D eigenvalue weighted by molar-refractivity contribution is 6.32. The first kappa shape index (κ1) is 23.6. The fourth-order valence-corrected chi connectivity index (χ4v) is 4.34. The van der Waals surface area contributed by atoms with Crippen LogP contribution in [-0.2, 0) is 13.2 Å². The number of anilines is 1. The summed E-state index contributed by atoms with van der Waals surface area (Å²) >= 11 is 6.23. The summed E-state index contributed by atoms with van der Waals surface area (Å²) in [7, 11) is 0. The van der Waals surface area contributed by atoms with E-state index in [2.05, 4.69) is 40.7 Å². The lowest BCUT2D eigenvalue weighted by molar-refractivity contribution is 0.102. The molecule has 0 bridgehead atoms. The second kappa shape index (κ2) is 10.3. The average molecular weight is 496 g/mol. The van der Waals surface area contributed by atoms with Crippen LogP contribution in [0.4, 0.5) is 5.69 Å². The number of benzene rings is 4. The molecular formula is C30H26ClN3O2. The molecule has 5 rings (SSSR count). The number of aryl methyl sites for hydroxylation is 2. The van der Waals surface area contributed by atoms with Gasteiger partial charge in [-0.3, -0.25) is 9.48 Å². The lowest BCUT2D eigenvalue weighted by Gasteiger charge is -2.10. The predicted molar refractivity (Wildman–Crippen MR) is 145 cm³/mol. The van der Waals surface area contributed by atoms with Gasteiger partial charge in [-0.25, -0.2) is 0 Å². The fourth-order valence-electron chi connectivity index (χ4n) is 4.23. The number of carbonyl (C=O) groups excluding carboxylic acids is 1. The maximum atomic E-state index is 12.8. The van der Waals surface area contributed by atoms with Crippen molar-refractivity contribution in [3.05, 3.63) is 124 Å². The van der Waals surface area contributed by atoms with Crippen LogP contribution in [0.25, 0.3) is 10.8 Å². The Bertz CT molecular complexity index is 1510. The molecule has 0 aliphatic heterocycles. The van der Waals surface area contributed by atoms with Crippen LogP contribution in [0.5, 0.6) is 5.75 Å². The maximum Gasteiger partial charge on any atom is 0.255 e. The van der Waals surface area contributed by atoms with Gasteiger partial charge in [0.25, 0.3) is 5.91 Å². The molecule has 0 spiro atoms.